The van der Waals surface area contributed by atoms with Crippen LogP contribution in [0.15, 0.2) is 85.1 Å². The molecule has 0 atom stereocenters. The van der Waals surface area contributed by atoms with E-state index >= 15 is 0 Å². The molecule has 0 aliphatic heterocycles. The first-order valence-corrected chi connectivity index (χ1v) is 10.5. The molecule has 158 valence electrons. The molecule has 3 aromatic carbocycles. The molecule has 5 aromatic rings. The number of fused-ring (bicyclic) bond motifs is 1. The number of benzene rings is 3. The Balaban J connectivity index is 1.65. The van der Waals surface area contributed by atoms with Crippen molar-refractivity contribution in [2.45, 2.75) is 19.8 Å². The van der Waals surface area contributed by atoms with Crippen LogP contribution in [-0.4, -0.2) is 19.5 Å². The highest BCUT2D eigenvalue weighted by molar-refractivity contribution is 5.64. The van der Waals surface area contributed by atoms with Crippen LogP contribution in [0, 0.1) is 12.7 Å². The highest BCUT2D eigenvalue weighted by Gasteiger charge is 2.18. The molecule has 5 rings (SSSR count). The fraction of sp³-hybridized carbons (Fsp3) is 0.111. The zero-order chi connectivity index (χ0) is 22.1. The summed E-state index contributed by atoms with van der Waals surface area (Å²) >= 11 is 0. The predicted molar refractivity (Wildman–Crippen MR) is 123 cm³/mol. The summed E-state index contributed by atoms with van der Waals surface area (Å²) in [6.45, 7) is 2.04. The average molecular weight is 423 g/mol. The van der Waals surface area contributed by atoms with Crippen LogP contribution < -0.4 is 0 Å². The van der Waals surface area contributed by atoms with E-state index in [0.29, 0.717) is 24.2 Å². The molecule has 0 unspecified atom stereocenters. The van der Waals surface area contributed by atoms with E-state index in [1.165, 1.54) is 12.1 Å². The molecule has 0 spiro atoms. The predicted octanol–water partition coefficient (Wildman–Crippen LogP) is 5.73. The van der Waals surface area contributed by atoms with Crippen molar-refractivity contribution in [3.05, 3.63) is 119 Å². The van der Waals surface area contributed by atoms with Crippen LogP contribution in [0.3, 0.4) is 0 Å². The summed E-state index contributed by atoms with van der Waals surface area (Å²) in [7, 11) is 0. The molecule has 0 bridgehead atoms. The van der Waals surface area contributed by atoms with E-state index < -0.39 is 0 Å². The van der Waals surface area contributed by atoms with Crippen molar-refractivity contribution in [2.75, 3.05) is 0 Å². The summed E-state index contributed by atoms with van der Waals surface area (Å²) in [5.74, 6) is -0.208. The molecule has 2 heterocycles. The number of halogens is 1. The summed E-state index contributed by atoms with van der Waals surface area (Å²) in [6, 6.07) is 24.5. The number of nitrogens with zero attached hydrogens (tertiary/aromatic N) is 3. The van der Waals surface area contributed by atoms with Gasteiger partial charge in [-0.05, 0) is 36.2 Å². The lowest BCUT2D eigenvalue weighted by Crippen LogP contribution is -2.01. The van der Waals surface area contributed by atoms with E-state index in [0.717, 1.165) is 33.6 Å². The van der Waals surface area contributed by atoms with Crippen LogP contribution in [0.1, 0.15) is 28.1 Å². The van der Waals surface area contributed by atoms with Gasteiger partial charge in [-0.2, -0.15) is 0 Å². The van der Waals surface area contributed by atoms with Gasteiger partial charge in [-0.1, -0.05) is 66.2 Å². The Morgan fingerprint density at radius 3 is 2.28 bits per heavy atom. The third-order valence-electron chi connectivity index (χ3n) is 5.53. The SMILES string of the molecule is Cc1cccc(-c2cn3c(O)c(Cc4ccc(F)cc4)nc3c(Cc3ccccc3)n2)c1. The standard InChI is InChI=1S/C27H22FN3O/c1-18-6-5-9-21(14-18)25-17-31-26(23(29-25)15-19-7-3-2-4-8-19)30-24(27(31)32)16-20-10-12-22(28)13-11-20/h2-14,17,32H,15-16H2,1H3. The molecular formula is C27H22FN3O. The Hall–Kier alpha value is -3.99. The number of hydrogen-bond donors (Lipinski definition) is 1. The van der Waals surface area contributed by atoms with Crippen molar-refractivity contribution in [1.82, 2.24) is 14.4 Å². The second kappa shape index (κ2) is 8.27. The quantitative estimate of drug-likeness (QED) is 0.393. The number of aryl methyl sites for hydroxylation is 1. The van der Waals surface area contributed by atoms with Crippen LogP contribution in [0.4, 0.5) is 4.39 Å². The van der Waals surface area contributed by atoms with E-state index in [4.69, 9.17) is 9.97 Å². The van der Waals surface area contributed by atoms with E-state index in [2.05, 4.69) is 18.2 Å². The average Bonchev–Trinajstić information content (AvgIpc) is 3.12. The highest BCUT2D eigenvalue weighted by Crippen LogP contribution is 2.28. The molecule has 0 radical (unpaired) electrons. The number of rotatable bonds is 5. The molecule has 5 heteroatoms. The summed E-state index contributed by atoms with van der Waals surface area (Å²) in [5, 5.41) is 11.0. The Morgan fingerprint density at radius 2 is 1.53 bits per heavy atom. The van der Waals surface area contributed by atoms with Crippen molar-refractivity contribution < 1.29 is 9.50 Å². The number of hydrogen-bond acceptors (Lipinski definition) is 3. The highest BCUT2D eigenvalue weighted by atomic mass is 19.1. The molecule has 0 saturated heterocycles. The second-order valence-electron chi connectivity index (χ2n) is 7.98. The van der Waals surface area contributed by atoms with E-state index in [1.54, 1.807) is 16.5 Å². The van der Waals surface area contributed by atoms with Crippen molar-refractivity contribution in [3.63, 3.8) is 0 Å². The van der Waals surface area contributed by atoms with Crippen LogP contribution in [-0.2, 0) is 12.8 Å². The largest absolute Gasteiger partial charge is 0.493 e. The van der Waals surface area contributed by atoms with Crippen molar-refractivity contribution in [1.29, 1.82) is 0 Å². The number of aromatic nitrogens is 3. The molecule has 0 aliphatic rings. The van der Waals surface area contributed by atoms with Crippen LogP contribution >= 0.6 is 0 Å². The molecular weight excluding hydrogens is 401 g/mol. The molecule has 0 saturated carbocycles. The van der Waals surface area contributed by atoms with Gasteiger partial charge in [-0.15, -0.1) is 0 Å². The maximum Gasteiger partial charge on any atom is 0.219 e. The first-order chi connectivity index (χ1) is 15.6. The van der Waals surface area contributed by atoms with Crippen LogP contribution in [0.5, 0.6) is 5.88 Å². The lowest BCUT2D eigenvalue weighted by Gasteiger charge is -2.09. The van der Waals surface area contributed by atoms with Crippen molar-refractivity contribution >= 4 is 5.65 Å². The Labute approximate surface area is 185 Å². The summed E-state index contributed by atoms with van der Waals surface area (Å²) in [4.78, 5) is 9.67. The zero-order valence-electron chi connectivity index (χ0n) is 17.7. The summed E-state index contributed by atoms with van der Waals surface area (Å²) in [5.41, 5.74) is 6.83. The lowest BCUT2D eigenvalue weighted by atomic mass is 10.1. The molecule has 4 nitrogen and oxygen atoms in total. The van der Waals surface area contributed by atoms with Gasteiger partial charge in [-0.3, -0.25) is 4.40 Å². The lowest BCUT2D eigenvalue weighted by molar-refractivity contribution is 0.442. The molecule has 1 N–H and O–H groups in total. The van der Waals surface area contributed by atoms with Crippen LogP contribution in [0.25, 0.3) is 16.9 Å². The maximum atomic E-state index is 13.3. The topological polar surface area (TPSA) is 50.4 Å². The summed E-state index contributed by atoms with van der Waals surface area (Å²) < 4.78 is 15.0. The van der Waals surface area contributed by atoms with Crippen molar-refractivity contribution in [3.8, 4) is 17.1 Å². The fourth-order valence-corrected chi connectivity index (χ4v) is 3.91. The smallest absolute Gasteiger partial charge is 0.219 e. The molecule has 0 aliphatic carbocycles. The third kappa shape index (κ3) is 3.97. The molecule has 32 heavy (non-hydrogen) atoms. The summed E-state index contributed by atoms with van der Waals surface area (Å²) in [6.07, 6.45) is 2.82. The van der Waals surface area contributed by atoms with E-state index in [-0.39, 0.29) is 11.7 Å². The Bertz CT molecular complexity index is 1390. The Kier molecular flexibility index (Phi) is 5.15. The minimum absolute atomic E-state index is 0.0786. The van der Waals surface area contributed by atoms with Gasteiger partial charge in [-0.25, -0.2) is 14.4 Å². The minimum Gasteiger partial charge on any atom is -0.493 e. The van der Waals surface area contributed by atoms with Gasteiger partial charge in [0.1, 0.15) is 11.5 Å². The van der Waals surface area contributed by atoms with Gasteiger partial charge in [0.25, 0.3) is 0 Å². The van der Waals surface area contributed by atoms with Gasteiger partial charge in [0.15, 0.2) is 5.65 Å². The number of aromatic hydroxyl groups is 1. The number of imidazole rings is 1. The van der Waals surface area contributed by atoms with Gasteiger partial charge in [0.05, 0.1) is 11.4 Å². The van der Waals surface area contributed by atoms with Gasteiger partial charge in [0, 0.05) is 24.6 Å². The Morgan fingerprint density at radius 1 is 0.812 bits per heavy atom. The monoisotopic (exact) mass is 423 g/mol. The normalized spacial score (nSPS) is 11.2. The van der Waals surface area contributed by atoms with Crippen molar-refractivity contribution in [2.24, 2.45) is 0 Å². The molecule has 2 aromatic heterocycles. The van der Waals surface area contributed by atoms with E-state index in [9.17, 15) is 9.50 Å². The molecule has 0 amide bonds. The van der Waals surface area contributed by atoms with Gasteiger partial charge < -0.3 is 5.11 Å². The maximum absolute atomic E-state index is 13.3. The fourth-order valence-electron chi connectivity index (χ4n) is 3.91. The van der Waals surface area contributed by atoms with E-state index in [1.807, 2.05) is 49.5 Å². The second-order valence-corrected chi connectivity index (χ2v) is 7.98. The zero-order valence-corrected chi connectivity index (χ0v) is 17.7. The van der Waals surface area contributed by atoms with Gasteiger partial charge in [0.2, 0.25) is 5.88 Å². The minimum atomic E-state index is -0.287. The molecule has 0 fully saturated rings. The third-order valence-corrected chi connectivity index (χ3v) is 5.53. The van der Waals surface area contributed by atoms with Gasteiger partial charge >= 0.3 is 0 Å². The first kappa shape index (κ1) is 19.9. The van der Waals surface area contributed by atoms with Crippen LogP contribution in [0.2, 0.25) is 0 Å². The first-order valence-electron chi connectivity index (χ1n) is 10.5.